The molecule has 192 valence electrons. The Kier molecular flexibility index (Phi) is 9.05. The van der Waals surface area contributed by atoms with Gasteiger partial charge >= 0.3 is 5.97 Å². The largest absolute Gasteiger partial charge is 0.467 e. The number of carbonyl (C=O) groups excluding carboxylic acids is 2. The number of carbonyl (C=O) groups is 2. The van der Waals surface area contributed by atoms with Crippen molar-refractivity contribution in [3.05, 3.63) is 101 Å². The van der Waals surface area contributed by atoms with Gasteiger partial charge in [-0.2, -0.15) is 0 Å². The molecule has 0 spiro atoms. The van der Waals surface area contributed by atoms with Gasteiger partial charge in [0.25, 0.3) is 0 Å². The van der Waals surface area contributed by atoms with E-state index in [9.17, 15) is 9.59 Å². The van der Waals surface area contributed by atoms with Crippen LogP contribution in [0.3, 0.4) is 0 Å². The lowest BCUT2D eigenvalue weighted by molar-refractivity contribution is -0.151. The van der Waals surface area contributed by atoms with E-state index < -0.39 is 12.0 Å². The Balaban J connectivity index is 1.60. The average molecular weight is 500 g/mol. The van der Waals surface area contributed by atoms with Gasteiger partial charge in [0, 0.05) is 38.3 Å². The predicted molar refractivity (Wildman–Crippen MR) is 144 cm³/mol. The first-order valence-corrected chi connectivity index (χ1v) is 12.5. The minimum absolute atomic E-state index is 0.222. The van der Waals surface area contributed by atoms with E-state index in [0.29, 0.717) is 19.6 Å². The molecule has 7 nitrogen and oxygen atoms in total. The summed E-state index contributed by atoms with van der Waals surface area (Å²) >= 11 is 0. The maximum Gasteiger partial charge on any atom is 0.328 e. The number of esters is 1. The normalized spacial score (nSPS) is 14.4. The summed E-state index contributed by atoms with van der Waals surface area (Å²) in [5.74, 6) is 0.140. The van der Waals surface area contributed by atoms with Crippen LogP contribution in [-0.4, -0.2) is 61.2 Å². The lowest BCUT2D eigenvalue weighted by atomic mass is 10.0. The van der Waals surface area contributed by atoms with E-state index in [2.05, 4.69) is 9.88 Å². The molecule has 2 heterocycles. The zero-order chi connectivity index (χ0) is 26.0. The fourth-order valence-corrected chi connectivity index (χ4v) is 4.26. The number of rotatable bonds is 9. The van der Waals surface area contributed by atoms with Crippen molar-refractivity contribution in [1.82, 2.24) is 9.88 Å². The van der Waals surface area contributed by atoms with E-state index in [1.807, 2.05) is 73.7 Å². The SMILES string of the molecule is COC(=O)[C@H](Cc1ccccc1)N(Cc1ccc(N2CCOCC2)nc1)C(=O)/C=C/c1ccc(C)cc1. The lowest BCUT2D eigenvalue weighted by Crippen LogP contribution is -2.46. The van der Waals surface area contributed by atoms with Crippen LogP contribution in [-0.2, 0) is 32.0 Å². The number of hydrogen-bond donors (Lipinski definition) is 0. The summed E-state index contributed by atoms with van der Waals surface area (Å²) in [4.78, 5) is 34.9. The number of morpholine rings is 1. The molecule has 2 aromatic carbocycles. The molecule has 1 aliphatic rings. The number of nitrogens with zero attached hydrogens (tertiary/aromatic N) is 3. The summed E-state index contributed by atoms with van der Waals surface area (Å²) in [5.41, 5.74) is 3.83. The standard InChI is InChI=1S/C30H33N3O4/c1-23-8-10-24(11-9-23)13-15-29(34)33(27(30(35)36-2)20-25-6-4-3-5-7-25)22-26-12-14-28(31-21-26)32-16-18-37-19-17-32/h3-15,21,27H,16-20,22H2,1-2H3/b15-13+/t27-/m0/s1. The van der Waals surface area contributed by atoms with Gasteiger partial charge in [-0.15, -0.1) is 0 Å². The minimum Gasteiger partial charge on any atom is -0.467 e. The first kappa shape index (κ1) is 26.1. The number of methoxy groups -OCH3 is 1. The molecule has 0 bridgehead atoms. The number of pyridine rings is 1. The number of amides is 1. The molecule has 0 saturated carbocycles. The summed E-state index contributed by atoms with van der Waals surface area (Å²) in [6.45, 7) is 5.19. The molecular weight excluding hydrogens is 466 g/mol. The van der Waals surface area contributed by atoms with E-state index >= 15 is 0 Å². The van der Waals surface area contributed by atoms with Gasteiger partial charge in [-0.3, -0.25) is 4.79 Å². The maximum atomic E-state index is 13.5. The van der Waals surface area contributed by atoms with Crippen LogP contribution >= 0.6 is 0 Å². The Morgan fingerprint density at radius 3 is 2.41 bits per heavy atom. The molecule has 1 fully saturated rings. The van der Waals surface area contributed by atoms with Crippen LogP contribution in [0.2, 0.25) is 0 Å². The van der Waals surface area contributed by atoms with Gasteiger partial charge in [0.05, 0.1) is 20.3 Å². The molecule has 37 heavy (non-hydrogen) atoms. The topological polar surface area (TPSA) is 72.0 Å². The summed E-state index contributed by atoms with van der Waals surface area (Å²) in [6, 6.07) is 20.7. The second-order valence-electron chi connectivity index (χ2n) is 9.06. The molecule has 1 atom stereocenters. The Hall–Kier alpha value is -3.97. The highest BCUT2D eigenvalue weighted by molar-refractivity contribution is 5.94. The summed E-state index contributed by atoms with van der Waals surface area (Å²) in [5, 5.41) is 0. The van der Waals surface area contributed by atoms with Crippen molar-refractivity contribution in [2.24, 2.45) is 0 Å². The highest BCUT2D eigenvalue weighted by atomic mass is 16.5. The highest BCUT2D eigenvalue weighted by Crippen LogP contribution is 2.19. The van der Waals surface area contributed by atoms with Gasteiger partial charge in [0.1, 0.15) is 11.9 Å². The van der Waals surface area contributed by atoms with Crippen molar-refractivity contribution in [3.8, 4) is 0 Å². The number of aromatic nitrogens is 1. The predicted octanol–water partition coefficient (Wildman–Crippen LogP) is 4.05. The number of ether oxygens (including phenoxy) is 2. The molecular formula is C30H33N3O4. The molecule has 0 aliphatic carbocycles. The van der Waals surface area contributed by atoms with Crippen LogP contribution in [0.15, 0.2) is 79.0 Å². The van der Waals surface area contributed by atoms with E-state index in [-0.39, 0.29) is 12.5 Å². The molecule has 4 rings (SSSR count). The summed E-state index contributed by atoms with van der Waals surface area (Å²) < 4.78 is 10.6. The van der Waals surface area contributed by atoms with Crippen molar-refractivity contribution in [3.63, 3.8) is 0 Å². The second kappa shape index (κ2) is 12.8. The van der Waals surface area contributed by atoms with Gasteiger partial charge in [-0.25, -0.2) is 9.78 Å². The third-order valence-electron chi connectivity index (χ3n) is 6.40. The number of hydrogen-bond acceptors (Lipinski definition) is 6. The van der Waals surface area contributed by atoms with Crippen molar-refractivity contribution < 1.29 is 19.1 Å². The zero-order valence-corrected chi connectivity index (χ0v) is 21.4. The molecule has 1 saturated heterocycles. The minimum atomic E-state index is -0.790. The fraction of sp³-hybridized carbons (Fsp3) is 0.300. The average Bonchev–Trinajstić information content (AvgIpc) is 2.95. The van der Waals surface area contributed by atoms with E-state index in [1.54, 1.807) is 17.2 Å². The van der Waals surface area contributed by atoms with E-state index in [4.69, 9.17) is 9.47 Å². The smallest absolute Gasteiger partial charge is 0.328 e. The van der Waals surface area contributed by atoms with Crippen molar-refractivity contribution in [2.75, 3.05) is 38.3 Å². The van der Waals surface area contributed by atoms with Crippen LogP contribution in [0.5, 0.6) is 0 Å². The zero-order valence-electron chi connectivity index (χ0n) is 21.4. The molecule has 0 radical (unpaired) electrons. The molecule has 1 aromatic heterocycles. The molecule has 1 amide bonds. The van der Waals surface area contributed by atoms with Gasteiger partial charge in [0.2, 0.25) is 5.91 Å². The van der Waals surface area contributed by atoms with Crippen molar-refractivity contribution >= 4 is 23.8 Å². The molecule has 1 aliphatic heterocycles. The highest BCUT2D eigenvalue weighted by Gasteiger charge is 2.30. The maximum absolute atomic E-state index is 13.5. The van der Waals surface area contributed by atoms with E-state index in [1.165, 1.54) is 13.2 Å². The second-order valence-corrected chi connectivity index (χ2v) is 9.06. The quantitative estimate of drug-likeness (QED) is 0.327. The first-order valence-electron chi connectivity index (χ1n) is 12.5. The Morgan fingerprint density at radius 2 is 1.76 bits per heavy atom. The number of benzene rings is 2. The fourth-order valence-electron chi connectivity index (χ4n) is 4.26. The van der Waals surface area contributed by atoms with Crippen molar-refractivity contribution in [2.45, 2.75) is 25.9 Å². The van der Waals surface area contributed by atoms with Crippen LogP contribution in [0, 0.1) is 6.92 Å². The first-order chi connectivity index (χ1) is 18.0. The Morgan fingerprint density at radius 1 is 1.03 bits per heavy atom. The van der Waals surface area contributed by atoms with Gasteiger partial charge in [-0.05, 0) is 35.8 Å². The van der Waals surface area contributed by atoms with E-state index in [0.717, 1.165) is 41.2 Å². The summed E-state index contributed by atoms with van der Waals surface area (Å²) in [6.07, 6.45) is 5.40. The third-order valence-corrected chi connectivity index (χ3v) is 6.40. The van der Waals surface area contributed by atoms with Gasteiger partial charge < -0.3 is 19.3 Å². The van der Waals surface area contributed by atoms with Crippen LogP contribution in [0.4, 0.5) is 5.82 Å². The molecule has 0 N–H and O–H groups in total. The van der Waals surface area contributed by atoms with Gasteiger partial charge in [-0.1, -0.05) is 66.2 Å². The Bertz CT molecular complexity index is 1190. The molecule has 3 aromatic rings. The number of anilines is 1. The Labute approximate surface area is 218 Å². The lowest BCUT2D eigenvalue weighted by Gasteiger charge is -2.30. The third kappa shape index (κ3) is 7.27. The molecule has 0 unspecified atom stereocenters. The van der Waals surface area contributed by atoms with Crippen LogP contribution in [0.25, 0.3) is 6.08 Å². The monoisotopic (exact) mass is 499 g/mol. The van der Waals surface area contributed by atoms with Crippen molar-refractivity contribution in [1.29, 1.82) is 0 Å². The number of aryl methyl sites for hydroxylation is 1. The van der Waals surface area contributed by atoms with Crippen LogP contribution in [0.1, 0.15) is 22.3 Å². The van der Waals surface area contributed by atoms with Crippen LogP contribution < -0.4 is 4.90 Å². The summed E-state index contributed by atoms with van der Waals surface area (Å²) in [7, 11) is 1.35. The van der Waals surface area contributed by atoms with Gasteiger partial charge in [0.15, 0.2) is 0 Å². The molecule has 7 heteroatoms.